The zero-order valence-electron chi connectivity index (χ0n) is 12.3. The minimum absolute atomic E-state index is 0.0112. The van der Waals surface area contributed by atoms with Crippen molar-refractivity contribution in [3.05, 3.63) is 51.2 Å². The molecule has 0 aliphatic rings. The molecule has 0 unspecified atom stereocenters. The lowest BCUT2D eigenvalue weighted by atomic mass is 10.1. The highest BCUT2D eigenvalue weighted by atomic mass is 32.1. The van der Waals surface area contributed by atoms with Crippen LogP contribution in [0.3, 0.4) is 0 Å². The molecule has 4 heteroatoms. The molecule has 0 saturated heterocycles. The summed E-state index contributed by atoms with van der Waals surface area (Å²) in [6, 6.07) is 6.94. The Labute approximate surface area is 128 Å². The summed E-state index contributed by atoms with van der Waals surface area (Å²) in [5.74, 6) is 0.516. The fourth-order valence-corrected chi connectivity index (χ4v) is 2.97. The summed E-state index contributed by atoms with van der Waals surface area (Å²) < 4.78 is 5.32. The Morgan fingerprint density at radius 3 is 2.71 bits per heavy atom. The molecule has 1 N–H and O–H groups in total. The normalized spacial score (nSPS) is 11.0. The topological polar surface area (TPSA) is 46.5 Å². The van der Waals surface area contributed by atoms with E-state index in [-0.39, 0.29) is 11.5 Å². The van der Waals surface area contributed by atoms with Gasteiger partial charge in [-0.05, 0) is 50.6 Å². The average Bonchev–Trinajstić information content (AvgIpc) is 2.78. The number of thiophene rings is 1. The molecule has 0 bridgehead atoms. The first-order chi connectivity index (χ1) is 10.0. The third-order valence-corrected chi connectivity index (χ3v) is 3.98. The predicted octanol–water partition coefficient (Wildman–Crippen LogP) is 4.37. The molecular formula is C17H18O3S. The summed E-state index contributed by atoms with van der Waals surface area (Å²) in [7, 11) is 0. The summed E-state index contributed by atoms with van der Waals surface area (Å²) in [5, 5.41) is 9.65. The van der Waals surface area contributed by atoms with Crippen molar-refractivity contribution in [1.82, 2.24) is 0 Å². The van der Waals surface area contributed by atoms with Crippen LogP contribution in [0.2, 0.25) is 0 Å². The fourth-order valence-electron chi connectivity index (χ4n) is 2.04. The molecular weight excluding hydrogens is 284 g/mol. The van der Waals surface area contributed by atoms with E-state index < -0.39 is 0 Å². The van der Waals surface area contributed by atoms with Crippen molar-refractivity contribution in [3.8, 4) is 11.5 Å². The number of hydrogen-bond donors (Lipinski definition) is 1. The van der Waals surface area contributed by atoms with Crippen LogP contribution < -0.4 is 4.74 Å². The van der Waals surface area contributed by atoms with Gasteiger partial charge in [0.25, 0.3) is 0 Å². The molecule has 0 spiro atoms. The number of ketones is 1. The van der Waals surface area contributed by atoms with Gasteiger partial charge in [0, 0.05) is 15.3 Å². The Hall–Kier alpha value is -2.07. The van der Waals surface area contributed by atoms with E-state index in [9.17, 15) is 9.90 Å². The van der Waals surface area contributed by atoms with Gasteiger partial charge in [-0.15, -0.1) is 11.3 Å². The SMILES string of the molecule is CCOc1cc(/C=C/C(=O)c2cc(C)sc2C)ccc1O. The van der Waals surface area contributed by atoms with Crippen molar-refractivity contribution in [2.75, 3.05) is 6.61 Å². The summed E-state index contributed by atoms with van der Waals surface area (Å²) in [4.78, 5) is 14.3. The first kappa shape index (κ1) is 15.3. The van der Waals surface area contributed by atoms with Crippen LogP contribution >= 0.6 is 11.3 Å². The number of carbonyl (C=O) groups is 1. The Kier molecular flexibility index (Phi) is 4.81. The van der Waals surface area contributed by atoms with Crippen molar-refractivity contribution in [3.63, 3.8) is 0 Å². The Morgan fingerprint density at radius 2 is 2.10 bits per heavy atom. The average molecular weight is 302 g/mol. The van der Waals surface area contributed by atoms with Gasteiger partial charge in [-0.25, -0.2) is 0 Å². The maximum atomic E-state index is 12.2. The van der Waals surface area contributed by atoms with Crippen molar-refractivity contribution >= 4 is 23.2 Å². The van der Waals surface area contributed by atoms with Gasteiger partial charge in [0.1, 0.15) is 0 Å². The van der Waals surface area contributed by atoms with Crippen LogP contribution in [-0.4, -0.2) is 17.5 Å². The predicted molar refractivity (Wildman–Crippen MR) is 86.4 cm³/mol. The summed E-state index contributed by atoms with van der Waals surface area (Å²) in [6.45, 7) is 6.28. The number of benzene rings is 1. The van der Waals surface area contributed by atoms with Crippen LogP contribution in [0.4, 0.5) is 0 Å². The zero-order valence-corrected chi connectivity index (χ0v) is 13.2. The van der Waals surface area contributed by atoms with E-state index in [1.54, 1.807) is 41.7 Å². The smallest absolute Gasteiger partial charge is 0.186 e. The minimum atomic E-state index is -0.0112. The molecule has 0 radical (unpaired) electrons. The van der Waals surface area contributed by atoms with Crippen molar-refractivity contribution in [1.29, 1.82) is 0 Å². The highest BCUT2D eigenvalue weighted by Gasteiger charge is 2.09. The molecule has 21 heavy (non-hydrogen) atoms. The van der Waals surface area contributed by atoms with E-state index in [1.165, 1.54) is 0 Å². The maximum absolute atomic E-state index is 12.2. The van der Waals surface area contributed by atoms with E-state index in [4.69, 9.17) is 4.74 Å². The molecule has 0 aliphatic carbocycles. The lowest BCUT2D eigenvalue weighted by Crippen LogP contribution is -1.94. The van der Waals surface area contributed by atoms with Gasteiger partial charge in [0.2, 0.25) is 0 Å². The third-order valence-electron chi connectivity index (χ3n) is 3.02. The van der Waals surface area contributed by atoms with Gasteiger partial charge in [-0.3, -0.25) is 4.79 Å². The van der Waals surface area contributed by atoms with Crippen LogP contribution in [0.5, 0.6) is 11.5 Å². The Bertz CT molecular complexity index is 683. The minimum Gasteiger partial charge on any atom is -0.504 e. The second kappa shape index (κ2) is 6.59. The molecule has 1 heterocycles. The van der Waals surface area contributed by atoms with Crippen molar-refractivity contribution < 1.29 is 14.6 Å². The zero-order chi connectivity index (χ0) is 15.4. The number of phenols is 1. The van der Waals surface area contributed by atoms with Crippen LogP contribution in [0.1, 0.15) is 32.6 Å². The van der Waals surface area contributed by atoms with E-state index in [1.807, 2.05) is 26.8 Å². The van der Waals surface area contributed by atoms with Crippen LogP contribution in [-0.2, 0) is 0 Å². The van der Waals surface area contributed by atoms with Crippen LogP contribution in [0.15, 0.2) is 30.3 Å². The summed E-state index contributed by atoms with van der Waals surface area (Å²) in [6.07, 6.45) is 3.29. The van der Waals surface area contributed by atoms with E-state index >= 15 is 0 Å². The lowest BCUT2D eigenvalue weighted by Gasteiger charge is -2.06. The highest BCUT2D eigenvalue weighted by molar-refractivity contribution is 7.12. The monoisotopic (exact) mass is 302 g/mol. The number of ether oxygens (including phenoxy) is 1. The maximum Gasteiger partial charge on any atom is 0.186 e. The lowest BCUT2D eigenvalue weighted by molar-refractivity contribution is 0.104. The number of aryl methyl sites for hydroxylation is 2. The molecule has 0 amide bonds. The number of rotatable bonds is 5. The molecule has 0 atom stereocenters. The van der Waals surface area contributed by atoms with E-state index in [2.05, 4.69) is 0 Å². The molecule has 3 nitrogen and oxygen atoms in total. The van der Waals surface area contributed by atoms with Crippen molar-refractivity contribution in [2.24, 2.45) is 0 Å². The number of phenolic OH excluding ortho intramolecular Hbond substituents is 1. The first-order valence-electron chi connectivity index (χ1n) is 6.76. The number of carbonyl (C=O) groups excluding carboxylic acids is 1. The molecule has 0 fully saturated rings. The third kappa shape index (κ3) is 3.73. The van der Waals surface area contributed by atoms with E-state index in [0.29, 0.717) is 12.4 Å². The standard InChI is InChI=1S/C17H18O3S/c1-4-20-17-10-13(6-8-16(17)19)5-7-15(18)14-9-11(2)21-12(14)3/h5-10,19H,4H2,1-3H3/b7-5+. The van der Waals surface area contributed by atoms with Gasteiger partial charge in [0.15, 0.2) is 17.3 Å². The van der Waals surface area contributed by atoms with Crippen LogP contribution in [0, 0.1) is 13.8 Å². The van der Waals surface area contributed by atoms with Crippen molar-refractivity contribution in [2.45, 2.75) is 20.8 Å². The Morgan fingerprint density at radius 1 is 1.33 bits per heavy atom. The van der Waals surface area contributed by atoms with E-state index in [0.717, 1.165) is 20.9 Å². The fraction of sp³-hybridized carbons (Fsp3) is 0.235. The van der Waals surface area contributed by atoms with Gasteiger partial charge >= 0.3 is 0 Å². The quantitative estimate of drug-likeness (QED) is 0.659. The van der Waals surface area contributed by atoms with Gasteiger partial charge in [-0.2, -0.15) is 0 Å². The number of allylic oxidation sites excluding steroid dienone is 1. The second-order valence-electron chi connectivity index (χ2n) is 4.68. The van der Waals surface area contributed by atoms with Gasteiger partial charge < -0.3 is 9.84 Å². The molecule has 0 saturated carbocycles. The number of hydrogen-bond acceptors (Lipinski definition) is 4. The number of aromatic hydroxyl groups is 1. The first-order valence-corrected chi connectivity index (χ1v) is 7.58. The molecule has 0 aliphatic heterocycles. The molecule has 2 aromatic rings. The summed E-state index contributed by atoms with van der Waals surface area (Å²) >= 11 is 1.62. The molecule has 110 valence electrons. The highest BCUT2D eigenvalue weighted by Crippen LogP contribution is 2.27. The molecule has 1 aromatic carbocycles. The van der Waals surface area contributed by atoms with Gasteiger partial charge in [-0.1, -0.05) is 12.1 Å². The summed E-state index contributed by atoms with van der Waals surface area (Å²) in [5.41, 5.74) is 1.56. The van der Waals surface area contributed by atoms with Crippen LogP contribution in [0.25, 0.3) is 6.08 Å². The second-order valence-corrected chi connectivity index (χ2v) is 6.15. The van der Waals surface area contributed by atoms with Gasteiger partial charge in [0.05, 0.1) is 6.61 Å². The Balaban J connectivity index is 2.19. The molecule has 1 aromatic heterocycles. The molecule has 2 rings (SSSR count). The largest absolute Gasteiger partial charge is 0.504 e.